The van der Waals surface area contributed by atoms with Gasteiger partial charge in [0.05, 0.1) is 0 Å². The zero-order chi connectivity index (χ0) is 57.8. The summed E-state index contributed by atoms with van der Waals surface area (Å²) in [5, 5.41) is 42.8. The summed E-state index contributed by atoms with van der Waals surface area (Å²) < 4.78 is 6.50. The minimum absolute atomic E-state index is 0. The van der Waals surface area contributed by atoms with Crippen LogP contribution in [-0.4, -0.2) is 89.2 Å². The van der Waals surface area contributed by atoms with Gasteiger partial charge in [-0.2, -0.15) is 50.5 Å². The maximum absolute atomic E-state index is 10.7. The molecule has 8 unspecified atom stereocenters. The maximum Gasteiger partial charge on any atom is -2.00 e. The minimum atomic E-state index is -0.949. The number of carboxylic acid groups (broad SMARTS) is 4. The second kappa shape index (κ2) is 72.9. The molecule has 75 heavy (non-hydrogen) atoms. The molecule has 15 heteroatoms. The van der Waals surface area contributed by atoms with Crippen molar-refractivity contribution in [3.63, 3.8) is 0 Å². The van der Waals surface area contributed by atoms with E-state index in [0.717, 1.165) is 77.0 Å². The van der Waals surface area contributed by atoms with Crippen LogP contribution in [-0.2, 0) is 24.7 Å². The van der Waals surface area contributed by atoms with Crippen molar-refractivity contribution >= 4 is 117 Å². The monoisotopic (exact) mass is 1350 g/mol. The summed E-state index contributed by atoms with van der Waals surface area (Å²) in [5.41, 5.74) is 0. The molecule has 9 nitrogen and oxygen atoms in total. The number of rotatable bonds is 44. The largest absolute Gasteiger partial charge is 2.00 e. The number of carboxylic acids is 4. The summed E-state index contributed by atoms with van der Waals surface area (Å²) in [6.07, 6.45) is 32.7. The predicted octanol–water partition coefficient (Wildman–Crippen LogP) is 13.7. The molecular weight excluding hydrogens is 1230 g/mol. The number of aliphatic carboxylic acids is 4. The van der Waals surface area contributed by atoms with Gasteiger partial charge in [0.2, 0.25) is 0 Å². The van der Waals surface area contributed by atoms with Gasteiger partial charge in [0.25, 0.3) is 0 Å². The Morgan fingerprint density at radius 2 is 0.480 bits per heavy atom. The van der Waals surface area contributed by atoms with Gasteiger partial charge < -0.3 is 45.1 Å². The molecule has 0 amide bonds. The Kier molecular flexibility index (Phi) is 87.1. The zero-order valence-corrected chi connectivity index (χ0v) is 59.8. The van der Waals surface area contributed by atoms with Crippen LogP contribution in [0.5, 0.6) is 0 Å². The van der Waals surface area contributed by atoms with Crippen molar-refractivity contribution in [3.05, 3.63) is 0 Å². The topological polar surface area (TPSA) is 189 Å². The van der Waals surface area contributed by atoms with Crippen molar-refractivity contribution in [2.45, 2.75) is 281 Å². The van der Waals surface area contributed by atoms with Gasteiger partial charge in [0.1, 0.15) is 0 Å². The Bertz CT molecular complexity index is 994. The van der Waals surface area contributed by atoms with Gasteiger partial charge in [-0.25, -0.2) is 0 Å². The van der Waals surface area contributed by atoms with Crippen molar-refractivity contribution < 1.29 is 45.1 Å². The molecule has 0 aromatic carbocycles. The fourth-order valence-electron chi connectivity index (χ4n) is 7.97. The molecule has 0 bridgehead atoms. The van der Waals surface area contributed by atoms with Crippen molar-refractivity contribution in [1.82, 2.24) is 0 Å². The number of unbranched alkanes of at least 4 members (excludes halogenated alkanes) is 8. The minimum Gasteiger partial charge on any atom is -2.00 e. The molecule has 4 radical (unpaired) electrons. The van der Waals surface area contributed by atoms with Gasteiger partial charge in [-0.15, -0.1) is 0 Å². The van der Waals surface area contributed by atoms with Gasteiger partial charge in [-0.3, -0.25) is 0 Å². The van der Waals surface area contributed by atoms with E-state index in [0.29, 0.717) is 46.7 Å². The molecular formula is C60H120O9S4Sn2-6. The maximum atomic E-state index is 10.7. The third-order valence-electron chi connectivity index (χ3n) is 13.7. The summed E-state index contributed by atoms with van der Waals surface area (Å²) in [5.74, 6) is -1.65. The Hall–Kier alpha value is 0.837. The van der Waals surface area contributed by atoms with Crippen LogP contribution < -0.4 is 20.4 Å². The molecule has 0 rings (SSSR count). The molecule has 0 aliphatic heterocycles. The van der Waals surface area contributed by atoms with E-state index in [4.69, 9.17) is 0 Å². The normalized spacial score (nSPS) is 13.7. The first-order valence-electron chi connectivity index (χ1n) is 30.1. The van der Waals surface area contributed by atoms with E-state index in [2.05, 4.69) is 134 Å². The van der Waals surface area contributed by atoms with Gasteiger partial charge in [-0.05, 0) is 72.4 Å². The summed E-state index contributed by atoms with van der Waals surface area (Å²) in [6.45, 7) is 26.2. The van der Waals surface area contributed by atoms with Crippen LogP contribution in [0.2, 0.25) is 17.7 Å². The van der Waals surface area contributed by atoms with E-state index in [-0.39, 0.29) is 71.4 Å². The van der Waals surface area contributed by atoms with E-state index in [1.165, 1.54) is 103 Å². The number of carbonyl (C=O) groups excluding carboxylic acids is 4. The van der Waals surface area contributed by atoms with Crippen LogP contribution in [0.3, 0.4) is 0 Å². The van der Waals surface area contributed by atoms with Gasteiger partial charge in [0, 0.05) is 47.5 Å². The summed E-state index contributed by atoms with van der Waals surface area (Å²) in [7, 11) is 0. The Balaban J connectivity index is -0.000000149. The van der Waals surface area contributed by atoms with E-state index in [1.807, 2.05) is 0 Å². The van der Waals surface area contributed by atoms with Crippen molar-refractivity contribution in [2.75, 3.05) is 23.0 Å². The molecule has 0 fully saturated rings. The second-order valence-electron chi connectivity index (χ2n) is 20.3. The second-order valence-corrected chi connectivity index (χ2v) is 30.3. The number of hydrogen-bond acceptors (Lipinski definition) is 12. The Morgan fingerprint density at radius 3 is 0.587 bits per heavy atom. The van der Waals surface area contributed by atoms with Crippen LogP contribution in [0.4, 0.5) is 0 Å². The fraction of sp³-hybridized carbons (Fsp3) is 0.933. The van der Waals surface area contributed by atoms with E-state index < -0.39 is 23.9 Å². The van der Waals surface area contributed by atoms with Crippen LogP contribution in [0.15, 0.2) is 0 Å². The Labute approximate surface area is 508 Å². The third kappa shape index (κ3) is 67.2. The average Bonchev–Trinajstić information content (AvgIpc) is 3.39. The number of thiol groups is 4. The summed E-state index contributed by atoms with van der Waals surface area (Å²) in [6, 6.07) is 0. The molecule has 0 saturated carbocycles. The first-order valence-corrected chi connectivity index (χ1v) is 40.7. The molecule has 452 valence electrons. The molecule has 0 spiro atoms. The van der Waals surface area contributed by atoms with Gasteiger partial charge in [0.15, 0.2) is 0 Å². The third-order valence-corrected chi connectivity index (χ3v) is 23.5. The SMILES string of the molecule is CCCCC(CC)CC(CS)C(=O)[O-].CCCCC(CC)CC(CS)C(=O)[O-].CCCCC(CC)CC(CS)C(=O)[O-].CCCCC(CC)CC(CS)C(=O)[O-].CCC[CH2][Sn][CH2]CCC.CCC[CH2][Sn][CH2]CCC.[O-2]. The van der Waals surface area contributed by atoms with E-state index in [9.17, 15) is 39.6 Å². The van der Waals surface area contributed by atoms with Gasteiger partial charge >= 0.3 is 139 Å². The standard InChI is InChI=1S/4C11H22O2S.4C4H9.O.2Sn/c4*1-3-5-6-9(4-2)7-10(8-14)11(12)13;4*1-3-4-2;;;/h4*9-10,14H,3-8H2,1-2H3,(H,12,13);4*1,3-4H2,2H3;;;/q;;;;;;;;-2;;/p-4. The fourth-order valence-corrected chi connectivity index (χ4v) is 17.5. The smallest absolute Gasteiger partial charge is 2.00 e. The quantitative estimate of drug-likeness (QED) is 0.0263. The number of carbonyl (C=O) groups is 4. The molecule has 0 N–H and O–H groups in total. The summed E-state index contributed by atoms with van der Waals surface area (Å²) in [4.78, 5) is 42.8. The molecule has 8 atom stereocenters. The predicted molar refractivity (Wildman–Crippen MR) is 332 cm³/mol. The molecule has 0 aliphatic carbocycles. The molecule has 0 heterocycles. The van der Waals surface area contributed by atoms with Crippen molar-refractivity contribution in [3.8, 4) is 0 Å². The first kappa shape index (κ1) is 89.6. The summed E-state index contributed by atoms with van der Waals surface area (Å²) >= 11 is 16.5. The molecule has 0 aliphatic rings. The van der Waals surface area contributed by atoms with Crippen LogP contribution in [0.25, 0.3) is 0 Å². The molecule has 0 aromatic rings. The average molecular weight is 1350 g/mol. The van der Waals surface area contributed by atoms with Crippen LogP contribution in [0.1, 0.15) is 263 Å². The van der Waals surface area contributed by atoms with Crippen LogP contribution in [0, 0.1) is 47.3 Å². The van der Waals surface area contributed by atoms with Crippen molar-refractivity contribution in [2.24, 2.45) is 47.3 Å². The van der Waals surface area contributed by atoms with Gasteiger partial charge in [-0.1, -0.05) is 158 Å². The van der Waals surface area contributed by atoms with E-state index in [1.54, 1.807) is 17.7 Å². The Morgan fingerprint density at radius 1 is 0.320 bits per heavy atom. The number of hydrogen-bond donors (Lipinski definition) is 4. The van der Waals surface area contributed by atoms with E-state index >= 15 is 0 Å². The zero-order valence-electron chi connectivity index (χ0n) is 50.5. The molecule has 0 aromatic heterocycles. The molecule has 0 saturated heterocycles. The van der Waals surface area contributed by atoms with Crippen molar-refractivity contribution in [1.29, 1.82) is 0 Å². The first-order chi connectivity index (χ1) is 35.4. The van der Waals surface area contributed by atoms with Crippen LogP contribution >= 0.6 is 50.5 Å².